The molecule has 1 N–H and O–H groups in total. The van der Waals surface area contributed by atoms with Gasteiger partial charge in [-0.25, -0.2) is 0 Å². The van der Waals surface area contributed by atoms with E-state index in [1.165, 1.54) is 30.4 Å². The molecule has 0 bridgehead atoms. The van der Waals surface area contributed by atoms with Crippen LogP contribution in [0.2, 0.25) is 0 Å². The maximum atomic E-state index is 3.61. The van der Waals surface area contributed by atoms with Gasteiger partial charge >= 0.3 is 0 Å². The van der Waals surface area contributed by atoms with Crippen LogP contribution in [0.5, 0.6) is 0 Å². The molecule has 0 atom stereocenters. The Balaban J connectivity index is 2.14. The topological polar surface area (TPSA) is 12.0 Å². The zero-order chi connectivity index (χ0) is 13.1. The minimum Gasteiger partial charge on any atom is -0.381 e. The third-order valence-corrected chi connectivity index (χ3v) is 4.85. The van der Waals surface area contributed by atoms with Crippen LogP contribution >= 0.6 is 38.5 Å². The van der Waals surface area contributed by atoms with E-state index in [0.717, 1.165) is 6.54 Å². The minimum absolute atomic E-state index is 0.835. The molecular weight excluding hydrogens is 401 g/mol. The molecule has 0 saturated carbocycles. The second-order valence-electron chi connectivity index (χ2n) is 4.36. The summed E-state index contributed by atoms with van der Waals surface area (Å²) < 4.78 is 2.46. The highest BCUT2D eigenvalue weighted by Crippen LogP contribution is 2.23. The fraction of sp³-hybridized carbons (Fsp3) is 0.200. The van der Waals surface area contributed by atoms with E-state index in [-0.39, 0.29) is 0 Å². The molecule has 0 saturated heterocycles. The van der Waals surface area contributed by atoms with Gasteiger partial charge in [-0.3, -0.25) is 0 Å². The molecule has 18 heavy (non-hydrogen) atoms. The van der Waals surface area contributed by atoms with Crippen molar-refractivity contribution < 1.29 is 0 Å². The van der Waals surface area contributed by atoms with E-state index >= 15 is 0 Å². The third-order valence-electron chi connectivity index (χ3n) is 2.95. The Morgan fingerprint density at radius 2 is 1.94 bits per heavy atom. The zero-order valence-electron chi connectivity index (χ0n) is 10.4. The Bertz CT molecular complexity index is 566. The molecule has 0 radical (unpaired) electrons. The van der Waals surface area contributed by atoms with E-state index < -0.39 is 0 Å². The van der Waals surface area contributed by atoms with Crippen molar-refractivity contribution >= 4 is 44.2 Å². The molecule has 0 spiro atoms. The van der Waals surface area contributed by atoms with Crippen LogP contribution in [0.4, 0.5) is 5.69 Å². The molecule has 0 aliphatic rings. The Hall–Kier alpha value is -0.550. The molecule has 1 nitrogen and oxygen atoms in total. The average molecular weight is 416 g/mol. The van der Waals surface area contributed by atoms with E-state index in [9.17, 15) is 0 Å². The summed E-state index contributed by atoms with van der Waals surface area (Å²) in [5.74, 6) is 0. The summed E-state index contributed by atoms with van der Waals surface area (Å²) in [7, 11) is 0. The minimum atomic E-state index is 0.835. The van der Waals surface area contributed by atoms with Crippen molar-refractivity contribution in [1.82, 2.24) is 0 Å². The number of hydrogen-bond acceptors (Lipinski definition) is 1. The standard InChI is InChI=1S/C15H15BrIN/c1-10-6-7-12(13(16)8-10)9-18-15-5-3-4-14(17)11(15)2/h3-8,18H,9H2,1-2H3. The van der Waals surface area contributed by atoms with E-state index in [4.69, 9.17) is 0 Å². The predicted molar refractivity (Wildman–Crippen MR) is 90.1 cm³/mol. The molecular formula is C15H15BrIN. The van der Waals surface area contributed by atoms with Crippen molar-refractivity contribution in [2.24, 2.45) is 0 Å². The van der Waals surface area contributed by atoms with Crippen LogP contribution in [-0.2, 0) is 6.54 Å². The quantitative estimate of drug-likeness (QED) is 0.672. The first-order chi connectivity index (χ1) is 8.58. The van der Waals surface area contributed by atoms with Gasteiger partial charge in [0.1, 0.15) is 0 Å². The number of hydrogen-bond donors (Lipinski definition) is 1. The Morgan fingerprint density at radius 3 is 2.67 bits per heavy atom. The summed E-state index contributed by atoms with van der Waals surface area (Å²) >= 11 is 5.98. The monoisotopic (exact) mass is 415 g/mol. The molecule has 0 unspecified atom stereocenters. The van der Waals surface area contributed by atoms with E-state index in [1.807, 2.05) is 0 Å². The lowest BCUT2D eigenvalue weighted by Gasteiger charge is -2.12. The molecule has 3 heteroatoms. The van der Waals surface area contributed by atoms with Gasteiger partial charge in [-0.15, -0.1) is 0 Å². The van der Waals surface area contributed by atoms with Crippen molar-refractivity contribution in [3.05, 3.63) is 61.1 Å². The number of benzene rings is 2. The summed E-state index contributed by atoms with van der Waals surface area (Å²) in [4.78, 5) is 0. The lowest BCUT2D eigenvalue weighted by Crippen LogP contribution is -2.02. The van der Waals surface area contributed by atoms with Gasteiger partial charge in [0.15, 0.2) is 0 Å². The maximum Gasteiger partial charge on any atom is 0.0412 e. The van der Waals surface area contributed by atoms with Crippen LogP contribution in [0, 0.1) is 17.4 Å². The number of aryl methyl sites for hydroxylation is 1. The average Bonchev–Trinajstić information content (AvgIpc) is 2.33. The van der Waals surface area contributed by atoms with Crippen LogP contribution in [0.3, 0.4) is 0 Å². The van der Waals surface area contributed by atoms with Crippen LogP contribution in [-0.4, -0.2) is 0 Å². The van der Waals surface area contributed by atoms with Crippen molar-refractivity contribution in [3.63, 3.8) is 0 Å². The number of halogens is 2. The van der Waals surface area contributed by atoms with Crippen molar-refractivity contribution in [1.29, 1.82) is 0 Å². The van der Waals surface area contributed by atoms with Gasteiger partial charge in [-0.2, -0.15) is 0 Å². The largest absolute Gasteiger partial charge is 0.381 e. The maximum absolute atomic E-state index is 3.61. The fourth-order valence-corrected chi connectivity index (χ4v) is 2.92. The lowest BCUT2D eigenvalue weighted by atomic mass is 10.1. The highest BCUT2D eigenvalue weighted by atomic mass is 127. The Kier molecular flexibility index (Phi) is 4.67. The van der Waals surface area contributed by atoms with Crippen LogP contribution in [0.1, 0.15) is 16.7 Å². The summed E-state index contributed by atoms with van der Waals surface area (Å²) in [5.41, 5.74) is 5.06. The van der Waals surface area contributed by atoms with E-state index in [0.29, 0.717) is 0 Å². The fourth-order valence-electron chi connectivity index (χ4n) is 1.79. The second-order valence-corrected chi connectivity index (χ2v) is 6.38. The second kappa shape index (κ2) is 6.06. The lowest BCUT2D eigenvalue weighted by molar-refractivity contribution is 1.12. The van der Waals surface area contributed by atoms with Crippen LogP contribution < -0.4 is 5.32 Å². The van der Waals surface area contributed by atoms with Gasteiger partial charge in [-0.1, -0.05) is 34.1 Å². The van der Waals surface area contributed by atoms with Gasteiger partial charge in [0.25, 0.3) is 0 Å². The molecule has 0 amide bonds. The van der Waals surface area contributed by atoms with Crippen LogP contribution in [0.25, 0.3) is 0 Å². The van der Waals surface area contributed by atoms with Gasteiger partial charge in [0.2, 0.25) is 0 Å². The first kappa shape index (κ1) is 13.9. The predicted octanol–water partition coefficient (Wildman–Crippen LogP) is 5.28. The first-order valence-corrected chi connectivity index (χ1v) is 7.69. The zero-order valence-corrected chi connectivity index (χ0v) is 14.2. The molecule has 2 rings (SSSR count). The summed E-state index contributed by atoms with van der Waals surface area (Å²) in [6.07, 6.45) is 0. The molecule has 0 aliphatic heterocycles. The molecule has 2 aromatic carbocycles. The SMILES string of the molecule is Cc1ccc(CNc2cccc(I)c2C)c(Br)c1. The molecule has 0 fully saturated rings. The highest BCUT2D eigenvalue weighted by Gasteiger charge is 2.03. The van der Waals surface area contributed by atoms with Gasteiger partial charge in [-0.05, 0) is 71.3 Å². The Labute approximate surface area is 130 Å². The van der Waals surface area contributed by atoms with Gasteiger partial charge < -0.3 is 5.32 Å². The third kappa shape index (κ3) is 3.26. The molecule has 0 aliphatic carbocycles. The number of anilines is 1. The molecule has 94 valence electrons. The Morgan fingerprint density at radius 1 is 1.17 bits per heavy atom. The first-order valence-electron chi connectivity index (χ1n) is 5.82. The van der Waals surface area contributed by atoms with Crippen molar-refractivity contribution in [2.45, 2.75) is 20.4 Å². The summed E-state index contributed by atoms with van der Waals surface area (Å²) in [6, 6.07) is 12.8. The van der Waals surface area contributed by atoms with Gasteiger partial charge in [0.05, 0.1) is 0 Å². The highest BCUT2D eigenvalue weighted by molar-refractivity contribution is 14.1. The van der Waals surface area contributed by atoms with E-state index in [1.54, 1.807) is 0 Å². The molecule has 2 aromatic rings. The summed E-state index contributed by atoms with van der Waals surface area (Å²) in [5, 5.41) is 3.50. The van der Waals surface area contributed by atoms with E-state index in [2.05, 4.69) is 94.1 Å². The molecule has 0 heterocycles. The van der Waals surface area contributed by atoms with Crippen molar-refractivity contribution in [3.8, 4) is 0 Å². The number of rotatable bonds is 3. The summed E-state index contributed by atoms with van der Waals surface area (Å²) in [6.45, 7) is 5.09. The molecule has 0 aromatic heterocycles. The van der Waals surface area contributed by atoms with Crippen LogP contribution in [0.15, 0.2) is 40.9 Å². The smallest absolute Gasteiger partial charge is 0.0412 e. The number of nitrogens with one attached hydrogen (secondary N) is 1. The normalized spacial score (nSPS) is 10.4. The van der Waals surface area contributed by atoms with Crippen molar-refractivity contribution in [2.75, 3.05) is 5.32 Å². The van der Waals surface area contributed by atoms with Gasteiger partial charge in [0, 0.05) is 20.3 Å².